The minimum atomic E-state index is -2.27. The Morgan fingerprint density at radius 1 is 1.14 bits per heavy atom. The van der Waals surface area contributed by atoms with Crippen molar-refractivity contribution in [3.63, 3.8) is 0 Å². The molecule has 8 heteroatoms. The molecule has 0 aromatic heterocycles. The third-order valence-electron chi connectivity index (χ3n) is 3.30. The summed E-state index contributed by atoms with van der Waals surface area (Å²) in [7, 11) is -2.27. The maximum atomic E-state index is 11.9. The first-order valence-corrected chi connectivity index (χ1v) is 10.1. The number of rotatable bonds is 5. The van der Waals surface area contributed by atoms with Crippen LogP contribution in [0.4, 0.5) is 4.79 Å². The fourth-order valence-corrected chi connectivity index (χ4v) is 1.50. The van der Waals surface area contributed by atoms with Crippen LogP contribution in [0.15, 0.2) is 0 Å². The van der Waals surface area contributed by atoms with Crippen LogP contribution in [0.5, 0.6) is 0 Å². The van der Waals surface area contributed by atoms with Gasteiger partial charge in [0.15, 0.2) is 6.04 Å². The molecule has 0 aliphatic carbocycles. The molecule has 22 heavy (non-hydrogen) atoms. The smallest absolute Gasteiger partial charge is 0.408 e. The van der Waals surface area contributed by atoms with Gasteiger partial charge in [-0.3, -0.25) is 0 Å². The number of hydrogen-bond donors (Lipinski definition) is 2. The van der Waals surface area contributed by atoms with E-state index in [0.717, 1.165) is 0 Å². The summed E-state index contributed by atoms with van der Waals surface area (Å²) in [6.45, 7) is 14.3. The van der Waals surface area contributed by atoms with Gasteiger partial charge < -0.3 is 20.0 Å². The second kappa shape index (κ2) is 7.43. The summed E-state index contributed by atoms with van der Waals surface area (Å²) in [6, 6.07) is -1.24. The predicted octanol–water partition coefficient (Wildman–Crippen LogP) is 2.35. The van der Waals surface area contributed by atoms with E-state index in [-0.39, 0.29) is 5.04 Å². The molecule has 0 bridgehead atoms. The van der Waals surface area contributed by atoms with Crippen LogP contribution in [0.25, 0.3) is 0 Å². The molecule has 0 aliphatic heterocycles. The summed E-state index contributed by atoms with van der Waals surface area (Å²) in [5.74, 6) is -0.863. The number of carbonyl (C=O) groups is 2. The second-order valence-electron chi connectivity index (χ2n) is 7.63. The van der Waals surface area contributed by atoms with Crippen molar-refractivity contribution in [3.05, 3.63) is 0 Å². The average Bonchev–Trinajstić information content (AvgIpc) is 2.29. The predicted molar refractivity (Wildman–Crippen MR) is 84.6 cm³/mol. The third kappa shape index (κ3) is 7.23. The van der Waals surface area contributed by atoms with Gasteiger partial charge in [-0.15, -0.1) is 0 Å². The Morgan fingerprint density at radius 3 is 2.00 bits per heavy atom. The molecule has 0 saturated carbocycles. The number of carbonyl (C=O) groups excluding carboxylic acids is 2. The molecule has 2 N–H and O–H groups in total. The van der Waals surface area contributed by atoms with Crippen molar-refractivity contribution in [2.24, 2.45) is 0 Å². The van der Waals surface area contributed by atoms with Gasteiger partial charge in [-0.2, -0.15) is 0 Å². The zero-order valence-corrected chi connectivity index (χ0v) is 15.8. The van der Waals surface area contributed by atoms with E-state index in [1.165, 1.54) is 0 Å². The van der Waals surface area contributed by atoms with E-state index in [0.29, 0.717) is 0 Å². The van der Waals surface area contributed by atoms with Crippen LogP contribution < -0.4 is 5.32 Å². The van der Waals surface area contributed by atoms with Gasteiger partial charge in [-0.25, -0.2) is 14.2 Å². The van der Waals surface area contributed by atoms with E-state index in [1.807, 2.05) is 33.9 Å². The Labute approximate surface area is 133 Å². The highest BCUT2D eigenvalue weighted by Crippen LogP contribution is 2.36. The minimum Gasteiger partial charge on any atom is -0.444 e. The number of ether oxygens (including phenoxy) is 1. The molecule has 0 radical (unpaired) electrons. The van der Waals surface area contributed by atoms with Crippen molar-refractivity contribution < 1.29 is 28.9 Å². The minimum absolute atomic E-state index is 0.138. The lowest BCUT2D eigenvalue weighted by atomic mass is 10.2. The Balaban J connectivity index is 4.59. The van der Waals surface area contributed by atoms with Gasteiger partial charge in [0.25, 0.3) is 8.32 Å². The third-order valence-corrected chi connectivity index (χ3v) is 7.41. The van der Waals surface area contributed by atoms with E-state index < -0.39 is 38.6 Å². The van der Waals surface area contributed by atoms with Gasteiger partial charge in [-0.1, -0.05) is 20.8 Å². The highest BCUT2D eigenvalue weighted by molar-refractivity contribution is 6.73. The van der Waals surface area contributed by atoms with Crippen molar-refractivity contribution in [3.8, 4) is 0 Å². The summed E-state index contributed by atoms with van der Waals surface area (Å²) in [6.07, 6.45) is -0.809. The SMILES string of the molecule is CC(C)(C)OC(=O)NC(CO)C(=O)OO[Si](C)(C)C(C)(C)C. The molecule has 0 aliphatic rings. The van der Waals surface area contributed by atoms with Crippen LogP contribution in [0.2, 0.25) is 18.1 Å². The Bertz CT molecular complexity index is 397. The largest absolute Gasteiger partial charge is 0.444 e. The van der Waals surface area contributed by atoms with Gasteiger partial charge in [0, 0.05) is 0 Å². The molecular formula is C14H29NO6Si. The van der Waals surface area contributed by atoms with Crippen molar-refractivity contribution in [2.45, 2.75) is 71.3 Å². The lowest BCUT2D eigenvalue weighted by Crippen LogP contribution is -2.48. The maximum Gasteiger partial charge on any atom is 0.408 e. The van der Waals surface area contributed by atoms with Crippen molar-refractivity contribution in [1.82, 2.24) is 5.32 Å². The molecule has 1 amide bonds. The summed E-state index contributed by atoms with van der Waals surface area (Å²) in [4.78, 5) is 28.3. The van der Waals surface area contributed by atoms with E-state index in [2.05, 4.69) is 5.32 Å². The average molecular weight is 335 g/mol. The molecule has 1 atom stereocenters. The highest BCUT2D eigenvalue weighted by atomic mass is 28.4. The van der Waals surface area contributed by atoms with Crippen molar-refractivity contribution in [2.75, 3.05) is 6.61 Å². The van der Waals surface area contributed by atoms with Gasteiger partial charge in [0.1, 0.15) is 5.60 Å². The Morgan fingerprint density at radius 2 is 1.64 bits per heavy atom. The van der Waals surface area contributed by atoms with Crippen molar-refractivity contribution >= 4 is 20.4 Å². The van der Waals surface area contributed by atoms with Gasteiger partial charge in [0.2, 0.25) is 0 Å². The van der Waals surface area contributed by atoms with Gasteiger partial charge >= 0.3 is 12.1 Å². The molecular weight excluding hydrogens is 306 g/mol. The zero-order chi connectivity index (χ0) is 17.8. The van der Waals surface area contributed by atoms with Crippen LogP contribution >= 0.6 is 0 Å². The molecule has 130 valence electrons. The van der Waals surface area contributed by atoms with Crippen LogP contribution in [-0.4, -0.2) is 43.7 Å². The summed E-state index contributed by atoms with van der Waals surface area (Å²) in [5.41, 5.74) is -0.703. The van der Waals surface area contributed by atoms with E-state index in [9.17, 15) is 14.7 Å². The van der Waals surface area contributed by atoms with Crippen LogP contribution in [-0.2, 0) is 19.0 Å². The fraction of sp³-hybridized carbons (Fsp3) is 0.857. The van der Waals surface area contributed by atoms with Crippen LogP contribution in [0.1, 0.15) is 41.5 Å². The standard InChI is InChI=1S/C14H29NO6Si/c1-13(2,3)19-12(18)15-10(9-16)11(17)20-21-22(7,8)14(4,5)6/h10,16H,9H2,1-8H3,(H,15,18). The molecule has 0 aromatic rings. The molecule has 1 unspecified atom stereocenters. The van der Waals surface area contributed by atoms with Gasteiger partial charge in [0.05, 0.1) is 6.61 Å². The zero-order valence-electron chi connectivity index (χ0n) is 14.8. The first-order valence-electron chi connectivity index (χ1n) is 7.19. The molecule has 0 heterocycles. The molecule has 0 aromatic carbocycles. The highest BCUT2D eigenvalue weighted by Gasteiger charge is 2.41. The number of amides is 1. The Kier molecular flexibility index (Phi) is 7.05. The quantitative estimate of drug-likeness (QED) is 0.455. The number of aliphatic hydroxyl groups is 1. The lowest BCUT2D eigenvalue weighted by molar-refractivity contribution is -0.224. The number of aliphatic hydroxyl groups excluding tert-OH is 1. The topological polar surface area (TPSA) is 94.1 Å². The number of hydrogen-bond acceptors (Lipinski definition) is 6. The van der Waals surface area contributed by atoms with Crippen LogP contribution in [0, 0.1) is 0 Å². The van der Waals surface area contributed by atoms with Crippen LogP contribution in [0.3, 0.4) is 0 Å². The number of alkyl carbamates (subject to hydrolysis) is 1. The van der Waals surface area contributed by atoms with E-state index in [1.54, 1.807) is 20.8 Å². The molecule has 0 rings (SSSR count). The summed E-state index contributed by atoms with van der Waals surface area (Å²) < 4.78 is 10.3. The summed E-state index contributed by atoms with van der Waals surface area (Å²) in [5, 5.41) is 11.3. The normalized spacial score (nSPS) is 14.2. The molecule has 0 spiro atoms. The van der Waals surface area contributed by atoms with Gasteiger partial charge in [-0.05, 0) is 38.9 Å². The lowest BCUT2D eigenvalue weighted by Gasteiger charge is -2.33. The second-order valence-corrected chi connectivity index (χ2v) is 12.3. The summed E-state index contributed by atoms with van der Waals surface area (Å²) >= 11 is 0. The maximum absolute atomic E-state index is 11.9. The first kappa shape index (κ1) is 20.9. The molecule has 0 fully saturated rings. The monoisotopic (exact) mass is 335 g/mol. The van der Waals surface area contributed by atoms with E-state index >= 15 is 0 Å². The van der Waals surface area contributed by atoms with Crippen molar-refractivity contribution in [1.29, 1.82) is 0 Å². The fourth-order valence-electron chi connectivity index (χ4n) is 0.957. The molecule has 0 saturated heterocycles. The van der Waals surface area contributed by atoms with E-state index in [4.69, 9.17) is 14.2 Å². The Hall–Kier alpha value is -1.12. The number of nitrogens with one attached hydrogen (secondary N) is 1. The first-order chi connectivity index (χ1) is 9.69. The molecule has 7 nitrogen and oxygen atoms in total.